The summed E-state index contributed by atoms with van der Waals surface area (Å²) in [5.41, 5.74) is 3.92. The van der Waals surface area contributed by atoms with Crippen LogP contribution in [0.3, 0.4) is 0 Å². The van der Waals surface area contributed by atoms with Crippen molar-refractivity contribution in [1.29, 1.82) is 0 Å². The molecule has 0 radical (unpaired) electrons. The lowest BCUT2D eigenvalue weighted by Gasteiger charge is -2.31. The first kappa shape index (κ1) is 19.5. The highest BCUT2D eigenvalue weighted by molar-refractivity contribution is 5.94. The van der Waals surface area contributed by atoms with Crippen molar-refractivity contribution in [1.82, 2.24) is 15.2 Å². The molecule has 1 amide bonds. The molecule has 1 saturated heterocycles. The van der Waals surface area contributed by atoms with Crippen molar-refractivity contribution < 1.29 is 9.53 Å². The highest BCUT2D eigenvalue weighted by Crippen LogP contribution is 2.20. The number of rotatable bonds is 7. The van der Waals surface area contributed by atoms with Gasteiger partial charge in [0.25, 0.3) is 5.91 Å². The van der Waals surface area contributed by atoms with Gasteiger partial charge in [0.05, 0.1) is 6.61 Å². The zero-order valence-corrected chi connectivity index (χ0v) is 16.3. The number of benzene rings is 1. The molecule has 2 heterocycles. The summed E-state index contributed by atoms with van der Waals surface area (Å²) in [6.07, 6.45) is 4.07. The number of methoxy groups -OCH3 is 1. The number of nitrogens with one attached hydrogen (secondary N) is 1. The van der Waals surface area contributed by atoms with E-state index in [9.17, 15) is 4.79 Å². The van der Waals surface area contributed by atoms with E-state index in [1.807, 2.05) is 49.5 Å². The maximum Gasteiger partial charge on any atom is 0.251 e. The predicted octanol–water partition coefficient (Wildman–Crippen LogP) is 3.15. The van der Waals surface area contributed by atoms with Gasteiger partial charge in [0.15, 0.2) is 0 Å². The molecular weight excluding hydrogens is 338 g/mol. The third-order valence-electron chi connectivity index (χ3n) is 5.25. The standard InChI is InChI=1S/C22H29N3O2/c1-17-15-21(7-10-23-17)19-3-5-20(6-4-19)22(26)24-16-18-8-11-25(12-9-18)13-14-27-2/h3-7,10,15,18H,8-9,11-14,16H2,1-2H3,(H,24,26). The van der Waals surface area contributed by atoms with Gasteiger partial charge in [-0.1, -0.05) is 12.1 Å². The van der Waals surface area contributed by atoms with Crippen LogP contribution in [0.4, 0.5) is 0 Å². The van der Waals surface area contributed by atoms with Crippen molar-refractivity contribution in [3.05, 3.63) is 53.9 Å². The molecular formula is C22H29N3O2. The van der Waals surface area contributed by atoms with E-state index in [1.165, 1.54) is 0 Å². The van der Waals surface area contributed by atoms with Gasteiger partial charge in [-0.2, -0.15) is 0 Å². The fraction of sp³-hybridized carbons (Fsp3) is 0.455. The van der Waals surface area contributed by atoms with E-state index < -0.39 is 0 Å². The monoisotopic (exact) mass is 367 g/mol. The SMILES string of the molecule is COCCN1CCC(CNC(=O)c2ccc(-c3ccnc(C)c3)cc2)CC1. The van der Waals surface area contributed by atoms with Crippen LogP contribution in [0.15, 0.2) is 42.6 Å². The Hall–Kier alpha value is -2.24. The van der Waals surface area contributed by atoms with Crippen LogP contribution in [0.2, 0.25) is 0 Å². The quantitative estimate of drug-likeness (QED) is 0.817. The van der Waals surface area contributed by atoms with Crippen molar-refractivity contribution in [2.24, 2.45) is 5.92 Å². The number of hydrogen-bond acceptors (Lipinski definition) is 4. The Balaban J connectivity index is 1.47. The summed E-state index contributed by atoms with van der Waals surface area (Å²) in [6.45, 7) is 6.69. The average Bonchev–Trinajstić information content (AvgIpc) is 2.71. The molecule has 2 aromatic rings. The molecule has 0 unspecified atom stereocenters. The number of amides is 1. The van der Waals surface area contributed by atoms with Crippen LogP contribution in [-0.4, -0.2) is 55.7 Å². The number of hydrogen-bond donors (Lipinski definition) is 1. The molecule has 1 aliphatic heterocycles. The molecule has 1 aliphatic rings. The highest BCUT2D eigenvalue weighted by Gasteiger charge is 2.19. The van der Waals surface area contributed by atoms with E-state index in [-0.39, 0.29) is 5.91 Å². The number of carbonyl (C=O) groups is 1. The second-order valence-corrected chi connectivity index (χ2v) is 7.25. The third-order valence-corrected chi connectivity index (χ3v) is 5.25. The number of nitrogens with zero attached hydrogens (tertiary/aromatic N) is 2. The summed E-state index contributed by atoms with van der Waals surface area (Å²) in [5.74, 6) is 0.570. The lowest BCUT2D eigenvalue weighted by atomic mass is 9.96. The maximum atomic E-state index is 12.4. The lowest BCUT2D eigenvalue weighted by molar-refractivity contribution is 0.0926. The Morgan fingerprint density at radius 2 is 1.93 bits per heavy atom. The van der Waals surface area contributed by atoms with Gasteiger partial charge in [-0.05, 0) is 74.2 Å². The fourth-order valence-corrected chi connectivity index (χ4v) is 3.51. The first-order chi connectivity index (χ1) is 13.2. The highest BCUT2D eigenvalue weighted by atomic mass is 16.5. The van der Waals surface area contributed by atoms with Gasteiger partial charge in [0, 0.05) is 37.7 Å². The van der Waals surface area contributed by atoms with Crippen LogP contribution >= 0.6 is 0 Å². The van der Waals surface area contributed by atoms with Crippen LogP contribution in [0.1, 0.15) is 28.9 Å². The summed E-state index contributed by atoms with van der Waals surface area (Å²) in [7, 11) is 1.74. The maximum absolute atomic E-state index is 12.4. The summed E-state index contributed by atoms with van der Waals surface area (Å²) in [4.78, 5) is 19.1. The summed E-state index contributed by atoms with van der Waals surface area (Å²) < 4.78 is 5.14. The van der Waals surface area contributed by atoms with Gasteiger partial charge in [0.2, 0.25) is 0 Å². The Morgan fingerprint density at radius 3 is 2.59 bits per heavy atom. The minimum Gasteiger partial charge on any atom is -0.383 e. The molecule has 0 aliphatic carbocycles. The van der Waals surface area contributed by atoms with E-state index in [1.54, 1.807) is 7.11 Å². The fourth-order valence-electron chi connectivity index (χ4n) is 3.51. The Kier molecular flexibility index (Phi) is 6.96. The van der Waals surface area contributed by atoms with E-state index in [4.69, 9.17) is 4.74 Å². The Morgan fingerprint density at radius 1 is 1.19 bits per heavy atom. The molecule has 1 aromatic carbocycles. The molecule has 0 bridgehead atoms. The normalized spacial score (nSPS) is 15.6. The number of likely N-dealkylation sites (tertiary alicyclic amines) is 1. The lowest BCUT2D eigenvalue weighted by Crippen LogP contribution is -2.39. The second kappa shape index (κ2) is 9.62. The molecule has 1 fully saturated rings. The number of aryl methyl sites for hydroxylation is 1. The van der Waals surface area contributed by atoms with E-state index in [0.717, 1.165) is 62.4 Å². The van der Waals surface area contributed by atoms with Gasteiger partial charge in [-0.25, -0.2) is 0 Å². The van der Waals surface area contributed by atoms with Gasteiger partial charge in [0.1, 0.15) is 0 Å². The molecule has 0 saturated carbocycles. The van der Waals surface area contributed by atoms with Gasteiger partial charge < -0.3 is 15.0 Å². The van der Waals surface area contributed by atoms with Crippen LogP contribution in [0, 0.1) is 12.8 Å². The van der Waals surface area contributed by atoms with Crippen molar-refractivity contribution in [2.75, 3.05) is 39.9 Å². The third kappa shape index (κ3) is 5.62. The first-order valence-corrected chi connectivity index (χ1v) is 9.68. The molecule has 0 atom stereocenters. The average molecular weight is 367 g/mol. The summed E-state index contributed by atoms with van der Waals surface area (Å²) >= 11 is 0. The van der Waals surface area contributed by atoms with Gasteiger partial charge in [-0.3, -0.25) is 9.78 Å². The Labute approximate surface area is 161 Å². The summed E-state index contributed by atoms with van der Waals surface area (Å²) in [6, 6.07) is 11.8. The van der Waals surface area contributed by atoms with Gasteiger partial charge >= 0.3 is 0 Å². The molecule has 144 valence electrons. The smallest absolute Gasteiger partial charge is 0.251 e. The largest absolute Gasteiger partial charge is 0.383 e. The molecule has 3 rings (SSSR count). The van der Waals surface area contributed by atoms with Crippen molar-refractivity contribution >= 4 is 5.91 Å². The van der Waals surface area contributed by atoms with Crippen molar-refractivity contribution in [2.45, 2.75) is 19.8 Å². The second-order valence-electron chi connectivity index (χ2n) is 7.25. The van der Waals surface area contributed by atoms with E-state index in [0.29, 0.717) is 11.5 Å². The zero-order chi connectivity index (χ0) is 19.1. The van der Waals surface area contributed by atoms with Crippen molar-refractivity contribution in [3.8, 4) is 11.1 Å². The predicted molar refractivity (Wildman–Crippen MR) is 108 cm³/mol. The van der Waals surface area contributed by atoms with Crippen LogP contribution in [0.5, 0.6) is 0 Å². The number of carbonyl (C=O) groups excluding carboxylic acids is 1. The molecule has 1 aromatic heterocycles. The van der Waals surface area contributed by atoms with Crippen molar-refractivity contribution in [3.63, 3.8) is 0 Å². The molecule has 5 nitrogen and oxygen atoms in total. The minimum absolute atomic E-state index is 0.00858. The number of piperidine rings is 1. The van der Waals surface area contributed by atoms with Crippen LogP contribution in [0.25, 0.3) is 11.1 Å². The summed E-state index contributed by atoms with van der Waals surface area (Å²) in [5, 5.41) is 3.10. The minimum atomic E-state index is 0.00858. The number of ether oxygens (including phenoxy) is 1. The topological polar surface area (TPSA) is 54.5 Å². The molecule has 5 heteroatoms. The van der Waals surface area contributed by atoms with Crippen LogP contribution < -0.4 is 5.32 Å². The molecule has 1 N–H and O–H groups in total. The van der Waals surface area contributed by atoms with E-state index >= 15 is 0 Å². The first-order valence-electron chi connectivity index (χ1n) is 9.68. The molecule has 27 heavy (non-hydrogen) atoms. The Bertz CT molecular complexity index is 737. The number of pyridine rings is 1. The number of aromatic nitrogens is 1. The molecule has 0 spiro atoms. The zero-order valence-electron chi connectivity index (χ0n) is 16.3. The van der Waals surface area contributed by atoms with Crippen LogP contribution in [-0.2, 0) is 4.74 Å². The van der Waals surface area contributed by atoms with E-state index in [2.05, 4.69) is 15.2 Å². The van der Waals surface area contributed by atoms with Gasteiger partial charge in [-0.15, -0.1) is 0 Å².